The van der Waals surface area contributed by atoms with E-state index in [2.05, 4.69) is 13.8 Å². The first-order valence-corrected chi connectivity index (χ1v) is 8.06. The summed E-state index contributed by atoms with van der Waals surface area (Å²) in [6.07, 6.45) is 2.45. The van der Waals surface area contributed by atoms with Crippen molar-refractivity contribution in [1.82, 2.24) is 14.7 Å². The minimum Gasteiger partial charge on any atom is -0.336 e. The van der Waals surface area contributed by atoms with Crippen molar-refractivity contribution in [2.45, 2.75) is 20.3 Å². The Labute approximate surface area is 131 Å². The number of hydrogen-bond acceptors (Lipinski definition) is 2. The number of amides is 3. The van der Waals surface area contributed by atoms with Crippen LogP contribution in [0, 0.1) is 11.8 Å². The standard InChI is InChI=1S/C15H24ClN3O2/c1-12(2)13-4-6-19(11-13)15(21)18-9-7-17(8-10-18)14(20)3-5-16/h3,5,12-13H,4,6-11H2,1-2H3/b5-3-. The fourth-order valence-corrected chi connectivity index (χ4v) is 3.09. The van der Waals surface area contributed by atoms with Crippen LogP contribution in [0.2, 0.25) is 0 Å². The molecule has 6 heteroatoms. The van der Waals surface area contributed by atoms with Gasteiger partial charge in [0.2, 0.25) is 5.91 Å². The molecule has 0 bridgehead atoms. The van der Waals surface area contributed by atoms with E-state index in [1.165, 1.54) is 11.6 Å². The molecule has 0 aromatic heterocycles. The monoisotopic (exact) mass is 313 g/mol. The molecule has 2 heterocycles. The molecule has 0 spiro atoms. The van der Waals surface area contributed by atoms with E-state index in [0.29, 0.717) is 38.0 Å². The number of halogens is 1. The quantitative estimate of drug-likeness (QED) is 0.732. The highest BCUT2D eigenvalue weighted by molar-refractivity contribution is 6.26. The predicted octanol–water partition coefficient (Wildman–Crippen LogP) is 1.98. The number of piperazine rings is 1. The fraction of sp³-hybridized carbons (Fsp3) is 0.733. The molecule has 21 heavy (non-hydrogen) atoms. The number of carbonyl (C=O) groups is 2. The molecule has 3 amide bonds. The molecule has 1 unspecified atom stereocenters. The largest absolute Gasteiger partial charge is 0.336 e. The van der Waals surface area contributed by atoms with Gasteiger partial charge in [-0.3, -0.25) is 4.79 Å². The Kier molecular flexibility index (Phi) is 5.51. The first-order valence-electron chi connectivity index (χ1n) is 7.62. The van der Waals surface area contributed by atoms with Gasteiger partial charge in [-0.25, -0.2) is 4.79 Å². The third kappa shape index (κ3) is 3.90. The van der Waals surface area contributed by atoms with Crippen LogP contribution in [0.5, 0.6) is 0 Å². The van der Waals surface area contributed by atoms with Gasteiger partial charge in [-0.2, -0.15) is 0 Å². The van der Waals surface area contributed by atoms with Crippen LogP contribution in [0.4, 0.5) is 4.79 Å². The van der Waals surface area contributed by atoms with E-state index < -0.39 is 0 Å². The summed E-state index contributed by atoms with van der Waals surface area (Å²) in [5.41, 5.74) is 1.23. The lowest BCUT2D eigenvalue weighted by molar-refractivity contribution is -0.127. The van der Waals surface area contributed by atoms with Gasteiger partial charge < -0.3 is 14.7 Å². The highest BCUT2D eigenvalue weighted by Gasteiger charge is 2.32. The Bertz CT molecular complexity index is 417. The molecule has 2 rings (SSSR count). The Morgan fingerprint density at radius 3 is 2.19 bits per heavy atom. The topological polar surface area (TPSA) is 43.9 Å². The maximum absolute atomic E-state index is 12.5. The zero-order chi connectivity index (χ0) is 15.4. The molecule has 0 aromatic rings. The first kappa shape index (κ1) is 16.1. The zero-order valence-corrected chi connectivity index (χ0v) is 13.6. The van der Waals surface area contributed by atoms with Gasteiger partial charge in [0.1, 0.15) is 0 Å². The van der Waals surface area contributed by atoms with Crippen LogP contribution >= 0.6 is 11.6 Å². The number of urea groups is 1. The molecule has 0 radical (unpaired) electrons. The molecule has 2 saturated heterocycles. The van der Waals surface area contributed by atoms with Crippen LogP contribution in [0.1, 0.15) is 20.3 Å². The van der Waals surface area contributed by atoms with E-state index in [9.17, 15) is 9.59 Å². The Morgan fingerprint density at radius 2 is 1.67 bits per heavy atom. The van der Waals surface area contributed by atoms with E-state index in [-0.39, 0.29) is 11.9 Å². The average Bonchev–Trinajstić information content (AvgIpc) is 2.97. The van der Waals surface area contributed by atoms with Crippen molar-refractivity contribution in [2.24, 2.45) is 11.8 Å². The smallest absolute Gasteiger partial charge is 0.320 e. The van der Waals surface area contributed by atoms with Crippen LogP contribution in [0.15, 0.2) is 11.6 Å². The van der Waals surface area contributed by atoms with Gasteiger partial charge in [0.05, 0.1) is 0 Å². The molecular weight excluding hydrogens is 290 g/mol. The minimum atomic E-state index is -0.0851. The number of carbonyl (C=O) groups excluding carboxylic acids is 2. The van der Waals surface area contributed by atoms with Crippen LogP contribution in [0.3, 0.4) is 0 Å². The second-order valence-electron chi connectivity index (χ2n) is 6.13. The number of hydrogen-bond donors (Lipinski definition) is 0. The predicted molar refractivity (Wildman–Crippen MR) is 83.1 cm³/mol. The lowest BCUT2D eigenvalue weighted by Gasteiger charge is -2.36. The van der Waals surface area contributed by atoms with Crippen LogP contribution in [-0.2, 0) is 4.79 Å². The van der Waals surface area contributed by atoms with E-state index in [0.717, 1.165) is 19.5 Å². The second kappa shape index (κ2) is 7.16. The van der Waals surface area contributed by atoms with E-state index in [1.807, 2.05) is 9.80 Å². The van der Waals surface area contributed by atoms with Crippen LogP contribution in [0.25, 0.3) is 0 Å². The number of nitrogens with zero attached hydrogens (tertiary/aromatic N) is 3. The third-order valence-electron chi connectivity index (χ3n) is 4.51. The molecule has 0 saturated carbocycles. The van der Waals surface area contributed by atoms with Crippen molar-refractivity contribution in [3.05, 3.63) is 11.6 Å². The average molecular weight is 314 g/mol. The molecule has 118 valence electrons. The summed E-state index contributed by atoms with van der Waals surface area (Å²) in [6, 6.07) is 0.123. The van der Waals surface area contributed by atoms with E-state index in [4.69, 9.17) is 11.6 Å². The molecule has 1 atom stereocenters. The lowest BCUT2D eigenvalue weighted by Crippen LogP contribution is -2.53. The lowest BCUT2D eigenvalue weighted by atomic mass is 9.95. The van der Waals surface area contributed by atoms with E-state index in [1.54, 1.807) is 4.90 Å². The SMILES string of the molecule is CC(C)C1CCN(C(=O)N2CCN(C(=O)/C=C\Cl)CC2)C1. The Balaban J connectivity index is 1.82. The fourth-order valence-electron chi connectivity index (χ4n) is 2.98. The summed E-state index contributed by atoms with van der Waals surface area (Å²) in [5.74, 6) is 1.16. The molecule has 0 aliphatic carbocycles. The molecule has 0 N–H and O–H groups in total. The van der Waals surface area contributed by atoms with Gasteiger partial charge in [0.15, 0.2) is 0 Å². The Hall–Kier alpha value is -1.23. The first-order chi connectivity index (χ1) is 10.0. The maximum atomic E-state index is 12.5. The van der Waals surface area contributed by atoms with E-state index >= 15 is 0 Å². The minimum absolute atomic E-state index is 0.0851. The van der Waals surface area contributed by atoms with Crippen molar-refractivity contribution in [1.29, 1.82) is 0 Å². The normalized spacial score (nSPS) is 23.4. The molecule has 5 nitrogen and oxygen atoms in total. The molecule has 2 aliphatic rings. The van der Waals surface area contributed by atoms with Crippen molar-refractivity contribution < 1.29 is 9.59 Å². The van der Waals surface area contributed by atoms with Gasteiger partial charge in [-0.05, 0) is 18.3 Å². The number of likely N-dealkylation sites (tertiary alicyclic amines) is 1. The van der Waals surface area contributed by atoms with Gasteiger partial charge in [0.25, 0.3) is 0 Å². The zero-order valence-electron chi connectivity index (χ0n) is 12.8. The molecule has 2 fully saturated rings. The molecule has 2 aliphatic heterocycles. The highest BCUT2D eigenvalue weighted by Crippen LogP contribution is 2.24. The summed E-state index contributed by atoms with van der Waals surface area (Å²) in [4.78, 5) is 29.7. The van der Waals surface area contributed by atoms with Gasteiger partial charge >= 0.3 is 6.03 Å². The summed E-state index contributed by atoms with van der Waals surface area (Å²) in [6.45, 7) is 8.51. The van der Waals surface area contributed by atoms with Gasteiger partial charge in [-0.1, -0.05) is 25.4 Å². The van der Waals surface area contributed by atoms with Crippen molar-refractivity contribution in [3.63, 3.8) is 0 Å². The van der Waals surface area contributed by atoms with Crippen molar-refractivity contribution >= 4 is 23.5 Å². The number of rotatable bonds is 2. The summed E-state index contributed by atoms with van der Waals surface area (Å²) in [7, 11) is 0. The summed E-state index contributed by atoms with van der Waals surface area (Å²) in [5, 5.41) is 0. The van der Waals surface area contributed by atoms with Crippen molar-refractivity contribution in [2.75, 3.05) is 39.3 Å². The summed E-state index contributed by atoms with van der Waals surface area (Å²) >= 11 is 5.42. The second-order valence-corrected chi connectivity index (χ2v) is 6.38. The van der Waals surface area contributed by atoms with Gasteiger partial charge in [0, 0.05) is 50.9 Å². The molecular formula is C15H24ClN3O2. The third-order valence-corrected chi connectivity index (χ3v) is 4.63. The van der Waals surface area contributed by atoms with Gasteiger partial charge in [-0.15, -0.1) is 0 Å². The molecule has 0 aromatic carbocycles. The highest BCUT2D eigenvalue weighted by atomic mass is 35.5. The van der Waals surface area contributed by atoms with Crippen molar-refractivity contribution in [3.8, 4) is 0 Å². The maximum Gasteiger partial charge on any atom is 0.320 e. The van der Waals surface area contributed by atoms with Crippen LogP contribution < -0.4 is 0 Å². The van der Waals surface area contributed by atoms with Crippen LogP contribution in [-0.4, -0.2) is 65.9 Å². The summed E-state index contributed by atoms with van der Waals surface area (Å²) < 4.78 is 0. The Morgan fingerprint density at radius 1 is 1.05 bits per heavy atom.